The van der Waals surface area contributed by atoms with Crippen LogP contribution in [0.1, 0.15) is 19.4 Å². The minimum atomic E-state index is 0.156. The predicted octanol–water partition coefficient (Wildman–Crippen LogP) is 3.11. The molecule has 0 bridgehead atoms. The van der Waals surface area contributed by atoms with Crippen LogP contribution in [-0.2, 0) is 6.54 Å². The van der Waals surface area contributed by atoms with Gasteiger partial charge in [-0.05, 0) is 44.7 Å². The monoisotopic (exact) mass is 329 g/mol. The van der Waals surface area contributed by atoms with Gasteiger partial charge in [-0.3, -0.25) is 4.90 Å². The summed E-state index contributed by atoms with van der Waals surface area (Å²) in [5.74, 6) is 0. The van der Waals surface area contributed by atoms with E-state index in [1.807, 2.05) is 12.1 Å². The van der Waals surface area contributed by atoms with Crippen molar-refractivity contribution in [3.05, 3.63) is 33.8 Å². The van der Waals surface area contributed by atoms with Crippen molar-refractivity contribution in [1.82, 2.24) is 15.1 Å². The third kappa shape index (κ3) is 5.11. The summed E-state index contributed by atoms with van der Waals surface area (Å²) in [6, 6.07) is 5.69. The smallest absolute Gasteiger partial charge is 0.0424 e. The van der Waals surface area contributed by atoms with Gasteiger partial charge in [0.2, 0.25) is 0 Å². The first kappa shape index (κ1) is 17.0. The van der Waals surface area contributed by atoms with Crippen molar-refractivity contribution < 1.29 is 0 Å². The number of halogens is 2. The molecule has 5 heteroatoms. The quantitative estimate of drug-likeness (QED) is 0.895. The van der Waals surface area contributed by atoms with E-state index < -0.39 is 0 Å². The summed E-state index contributed by atoms with van der Waals surface area (Å²) in [4.78, 5) is 4.94. The first-order valence-electron chi connectivity index (χ1n) is 7.46. The summed E-state index contributed by atoms with van der Waals surface area (Å²) >= 11 is 12.1. The third-order valence-electron chi connectivity index (χ3n) is 4.17. The van der Waals surface area contributed by atoms with Crippen molar-refractivity contribution in [2.24, 2.45) is 0 Å². The Bertz CT molecular complexity index is 448. The van der Waals surface area contributed by atoms with Crippen LogP contribution in [0.25, 0.3) is 0 Å². The maximum Gasteiger partial charge on any atom is 0.0424 e. The summed E-state index contributed by atoms with van der Waals surface area (Å²) in [5, 5.41) is 4.92. The summed E-state index contributed by atoms with van der Waals surface area (Å²) < 4.78 is 0. The van der Waals surface area contributed by atoms with Gasteiger partial charge in [0.15, 0.2) is 0 Å². The molecule has 1 N–H and O–H groups in total. The molecule has 1 heterocycles. The number of hydrogen-bond acceptors (Lipinski definition) is 3. The molecule has 2 rings (SSSR count). The lowest BCUT2D eigenvalue weighted by Gasteiger charge is -2.43. The largest absolute Gasteiger partial charge is 0.311 e. The van der Waals surface area contributed by atoms with E-state index in [4.69, 9.17) is 23.2 Å². The molecular formula is C16H25Cl2N3. The van der Waals surface area contributed by atoms with Crippen LogP contribution in [0.5, 0.6) is 0 Å². The number of hydrogen-bond donors (Lipinski definition) is 1. The van der Waals surface area contributed by atoms with Crippen molar-refractivity contribution >= 4 is 23.2 Å². The van der Waals surface area contributed by atoms with E-state index in [2.05, 4.69) is 36.0 Å². The zero-order valence-electron chi connectivity index (χ0n) is 13.1. The average Bonchev–Trinajstić information content (AvgIpc) is 2.37. The fraction of sp³-hybridized carbons (Fsp3) is 0.625. The Kier molecular flexibility index (Phi) is 5.92. The lowest BCUT2D eigenvalue weighted by atomic mass is 10.0. The molecule has 1 aromatic rings. The molecule has 0 radical (unpaired) electrons. The lowest BCUT2D eigenvalue weighted by molar-refractivity contribution is 0.0618. The molecule has 0 spiro atoms. The van der Waals surface area contributed by atoms with E-state index in [-0.39, 0.29) is 5.54 Å². The van der Waals surface area contributed by atoms with Gasteiger partial charge in [0.25, 0.3) is 0 Å². The normalized spacial score (nSPS) is 18.1. The molecule has 0 aromatic heterocycles. The standard InChI is InChI=1S/C16H25Cl2N3/c1-16(2,21-6-4-20(3)5-7-21)12-19-11-13-8-14(17)10-15(18)9-13/h8-10,19H,4-7,11-12H2,1-3H3. The minimum Gasteiger partial charge on any atom is -0.311 e. The fourth-order valence-electron chi connectivity index (χ4n) is 2.75. The molecule has 0 unspecified atom stereocenters. The Morgan fingerprint density at radius 2 is 1.62 bits per heavy atom. The van der Waals surface area contributed by atoms with Crippen molar-refractivity contribution in [2.75, 3.05) is 39.8 Å². The fourth-order valence-corrected chi connectivity index (χ4v) is 3.32. The average molecular weight is 330 g/mol. The van der Waals surface area contributed by atoms with Crippen LogP contribution in [0.4, 0.5) is 0 Å². The molecule has 0 amide bonds. The molecule has 0 atom stereocenters. The Morgan fingerprint density at radius 3 is 2.19 bits per heavy atom. The highest BCUT2D eigenvalue weighted by Crippen LogP contribution is 2.20. The molecule has 0 aliphatic carbocycles. The highest BCUT2D eigenvalue weighted by Gasteiger charge is 2.28. The first-order valence-corrected chi connectivity index (χ1v) is 8.22. The molecule has 0 saturated carbocycles. The predicted molar refractivity (Wildman–Crippen MR) is 91.3 cm³/mol. The molecule has 1 fully saturated rings. The third-order valence-corrected chi connectivity index (χ3v) is 4.60. The second-order valence-electron chi connectivity index (χ2n) is 6.48. The van der Waals surface area contributed by atoms with Crippen molar-refractivity contribution in [3.8, 4) is 0 Å². The van der Waals surface area contributed by atoms with Gasteiger partial charge in [0.1, 0.15) is 0 Å². The van der Waals surface area contributed by atoms with Crippen LogP contribution < -0.4 is 5.32 Å². The SMILES string of the molecule is CN1CCN(C(C)(C)CNCc2cc(Cl)cc(Cl)c2)CC1. The molecule has 21 heavy (non-hydrogen) atoms. The van der Waals surface area contributed by atoms with Crippen molar-refractivity contribution in [2.45, 2.75) is 25.9 Å². The number of benzene rings is 1. The van der Waals surface area contributed by atoms with Crippen molar-refractivity contribution in [3.63, 3.8) is 0 Å². The number of nitrogens with zero attached hydrogens (tertiary/aromatic N) is 2. The Balaban J connectivity index is 1.84. The van der Waals surface area contributed by atoms with Gasteiger partial charge in [0.05, 0.1) is 0 Å². The molecule has 118 valence electrons. The molecular weight excluding hydrogens is 305 g/mol. The molecule has 1 aliphatic rings. The van der Waals surface area contributed by atoms with E-state index in [1.165, 1.54) is 0 Å². The van der Waals surface area contributed by atoms with E-state index in [0.29, 0.717) is 10.0 Å². The molecule has 1 saturated heterocycles. The summed E-state index contributed by atoms with van der Waals surface area (Å²) in [6.45, 7) is 10.9. The summed E-state index contributed by atoms with van der Waals surface area (Å²) in [7, 11) is 2.19. The van der Waals surface area contributed by atoms with E-state index in [0.717, 1.165) is 44.8 Å². The zero-order valence-corrected chi connectivity index (χ0v) is 14.6. The molecule has 1 aromatic carbocycles. The molecule has 1 aliphatic heterocycles. The number of likely N-dealkylation sites (N-methyl/N-ethyl adjacent to an activating group) is 1. The summed E-state index contributed by atoms with van der Waals surface area (Å²) in [6.07, 6.45) is 0. The van der Waals surface area contributed by atoms with E-state index in [1.54, 1.807) is 6.07 Å². The van der Waals surface area contributed by atoms with Gasteiger partial charge in [-0.2, -0.15) is 0 Å². The van der Waals surface area contributed by atoms with E-state index >= 15 is 0 Å². The Hall–Kier alpha value is -0.320. The number of rotatable bonds is 5. The van der Waals surface area contributed by atoms with Gasteiger partial charge < -0.3 is 10.2 Å². The Morgan fingerprint density at radius 1 is 1.05 bits per heavy atom. The van der Waals surface area contributed by atoms with Crippen LogP contribution in [0.15, 0.2) is 18.2 Å². The van der Waals surface area contributed by atoms with Crippen LogP contribution in [0, 0.1) is 0 Å². The summed E-state index contributed by atoms with van der Waals surface area (Å²) in [5.41, 5.74) is 1.28. The maximum absolute atomic E-state index is 6.03. The van der Waals surface area contributed by atoms with E-state index in [9.17, 15) is 0 Å². The van der Waals surface area contributed by atoms with Crippen molar-refractivity contribution in [1.29, 1.82) is 0 Å². The van der Waals surface area contributed by atoms with Crippen LogP contribution in [0.2, 0.25) is 10.0 Å². The molecule has 3 nitrogen and oxygen atoms in total. The van der Waals surface area contributed by atoms with Gasteiger partial charge in [-0.25, -0.2) is 0 Å². The number of piperazine rings is 1. The zero-order chi connectivity index (χ0) is 15.5. The Labute approximate surface area is 138 Å². The second-order valence-corrected chi connectivity index (χ2v) is 7.36. The topological polar surface area (TPSA) is 18.5 Å². The van der Waals surface area contributed by atoms with Crippen LogP contribution >= 0.6 is 23.2 Å². The van der Waals surface area contributed by atoms with Gasteiger partial charge >= 0.3 is 0 Å². The maximum atomic E-state index is 6.03. The van der Waals surface area contributed by atoms with Gasteiger partial charge in [-0.1, -0.05) is 23.2 Å². The minimum absolute atomic E-state index is 0.156. The lowest BCUT2D eigenvalue weighted by Crippen LogP contribution is -2.57. The highest BCUT2D eigenvalue weighted by molar-refractivity contribution is 6.34. The number of nitrogens with one attached hydrogen (secondary N) is 1. The van der Waals surface area contributed by atoms with Gasteiger partial charge in [-0.15, -0.1) is 0 Å². The second kappa shape index (κ2) is 7.30. The van der Waals surface area contributed by atoms with Crippen LogP contribution in [0.3, 0.4) is 0 Å². The first-order chi connectivity index (χ1) is 9.87. The van der Waals surface area contributed by atoms with Crippen LogP contribution in [-0.4, -0.2) is 55.1 Å². The van der Waals surface area contributed by atoms with Gasteiger partial charge in [0, 0.05) is 54.9 Å². The highest BCUT2D eigenvalue weighted by atomic mass is 35.5.